The lowest BCUT2D eigenvalue weighted by molar-refractivity contribution is 0.279. The van der Waals surface area contributed by atoms with Crippen molar-refractivity contribution in [1.82, 2.24) is 9.55 Å². The molecule has 1 aliphatic rings. The molecule has 0 saturated heterocycles. The van der Waals surface area contributed by atoms with Crippen LogP contribution in [0, 0.1) is 11.3 Å². The van der Waals surface area contributed by atoms with Gasteiger partial charge in [-0.2, -0.15) is 5.26 Å². The van der Waals surface area contributed by atoms with E-state index in [4.69, 9.17) is 10.00 Å². The number of aromatic nitrogens is 2. The molecular formula is C12H9N3O. The molecule has 4 nitrogen and oxygen atoms in total. The summed E-state index contributed by atoms with van der Waals surface area (Å²) in [6.45, 7) is 0.461. The van der Waals surface area contributed by atoms with E-state index < -0.39 is 0 Å². The number of ether oxygens (including phenoxy) is 1. The molecule has 0 N–H and O–H groups in total. The third kappa shape index (κ3) is 1.26. The van der Waals surface area contributed by atoms with E-state index in [1.807, 2.05) is 35.0 Å². The number of fused-ring (bicyclic) bond motifs is 3. The van der Waals surface area contributed by atoms with Crippen molar-refractivity contribution in [3.63, 3.8) is 0 Å². The first-order valence-electron chi connectivity index (χ1n) is 5.05. The van der Waals surface area contributed by atoms with Gasteiger partial charge >= 0.3 is 0 Å². The van der Waals surface area contributed by atoms with Crippen molar-refractivity contribution < 1.29 is 4.74 Å². The van der Waals surface area contributed by atoms with Gasteiger partial charge in [0.25, 0.3) is 0 Å². The zero-order chi connectivity index (χ0) is 11.0. The fourth-order valence-corrected chi connectivity index (χ4v) is 1.87. The summed E-state index contributed by atoms with van der Waals surface area (Å²) in [5.41, 5.74) is 1.78. The number of nitriles is 1. The van der Waals surface area contributed by atoms with Crippen molar-refractivity contribution in [2.24, 2.45) is 0 Å². The van der Waals surface area contributed by atoms with Crippen molar-refractivity contribution in [3.8, 4) is 17.5 Å². The second-order valence-corrected chi connectivity index (χ2v) is 3.61. The SMILES string of the molecule is N#CCc1cn2c(n1)COc1ccccc1-2. The molecule has 0 fully saturated rings. The van der Waals surface area contributed by atoms with E-state index in [1.165, 1.54) is 0 Å². The molecule has 0 atom stereocenters. The fourth-order valence-electron chi connectivity index (χ4n) is 1.87. The van der Waals surface area contributed by atoms with E-state index in [2.05, 4.69) is 11.1 Å². The monoisotopic (exact) mass is 211 g/mol. The second kappa shape index (κ2) is 3.38. The van der Waals surface area contributed by atoms with Crippen LogP contribution in [0.1, 0.15) is 11.5 Å². The van der Waals surface area contributed by atoms with E-state index in [9.17, 15) is 0 Å². The number of nitrogens with zero attached hydrogens (tertiary/aromatic N) is 3. The molecule has 0 saturated carbocycles. The van der Waals surface area contributed by atoms with Gasteiger partial charge in [-0.25, -0.2) is 4.98 Å². The normalized spacial score (nSPS) is 12.2. The highest BCUT2D eigenvalue weighted by molar-refractivity contribution is 5.49. The largest absolute Gasteiger partial charge is 0.483 e. The first-order valence-corrected chi connectivity index (χ1v) is 5.05. The van der Waals surface area contributed by atoms with Crippen LogP contribution < -0.4 is 4.74 Å². The molecule has 0 unspecified atom stereocenters. The Morgan fingerprint density at radius 3 is 3.19 bits per heavy atom. The van der Waals surface area contributed by atoms with Crippen LogP contribution in [0.4, 0.5) is 0 Å². The van der Waals surface area contributed by atoms with Crippen molar-refractivity contribution in [3.05, 3.63) is 42.0 Å². The van der Waals surface area contributed by atoms with Crippen LogP contribution in [0.15, 0.2) is 30.5 Å². The molecule has 0 amide bonds. The molecule has 1 aromatic carbocycles. The highest BCUT2D eigenvalue weighted by Gasteiger charge is 2.18. The van der Waals surface area contributed by atoms with Crippen molar-refractivity contribution >= 4 is 0 Å². The number of para-hydroxylation sites is 2. The predicted octanol–water partition coefficient (Wildman–Crippen LogP) is 1.83. The summed E-state index contributed by atoms with van der Waals surface area (Å²) in [6.07, 6.45) is 2.24. The van der Waals surface area contributed by atoms with Crippen LogP contribution in [0.2, 0.25) is 0 Å². The van der Waals surface area contributed by atoms with E-state index in [1.54, 1.807) is 0 Å². The third-order valence-electron chi connectivity index (χ3n) is 2.57. The standard InChI is InChI=1S/C12H9N3O/c13-6-5-9-7-15-10-3-1-2-4-11(10)16-8-12(15)14-9/h1-4,7H,5,8H2. The van der Waals surface area contributed by atoms with Gasteiger partial charge < -0.3 is 4.74 Å². The molecule has 78 valence electrons. The summed E-state index contributed by atoms with van der Waals surface area (Å²) < 4.78 is 7.57. The van der Waals surface area contributed by atoms with Crippen LogP contribution in [0.3, 0.4) is 0 Å². The van der Waals surface area contributed by atoms with Gasteiger partial charge in [0.2, 0.25) is 0 Å². The van der Waals surface area contributed by atoms with E-state index >= 15 is 0 Å². The Balaban J connectivity index is 2.14. The molecule has 16 heavy (non-hydrogen) atoms. The first kappa shape index (κ1) is 8.98. The first-order chi connectivity index (χ1) is 7.88. The van der Waals surface area contributed by atoms with E-state index in [0.717, 1.165) is 23.0 Å². The summed E-state index contributed by atoms with van der Waals surface area (Å²) in [5.74, 6) is 1.71. The molecule has 0 spiro atoms. The van der Waals surface area contributed by atoms with Crippen LogP contribution in [0.25, 0.3) is 5.69 Å². The average Bonchev–Trinajstić information content (AvgIpc) is 2.72. The number of hydrogen-bond donors (Lipinski definition) is 0. The van der Waals surface area contributed by atoms with Gasteiger partial charge in [-0.3, -0.25) is 4.57 Å². The summed E-state index contributed by atoms with van der Waals surface area (Å²) in [6, 6.07) is 9.92. The Morgan fingerprint density at radius 1 is 1.44 bits per heavy atom. The lowest BCUT2D eigenvalue weighted by atomic mass is 10.2. The maximum atomic E-state index is 8.65. The maximum Gasteiger partial charge on any atom is 0.151 e. The molecule has 2 heterocycles. The van der Waals surface area contributed by atoms with Gasteiger partial charge in [-0.05, 0) is 12.1 Å². The van der Waals surface area contributed by atoms with Crippen LogP contribution in [-0.2, 0) is 13.0 Å². The number of imidazole rings is 1. The van der Waals surface area contributed by atoms with Gasteiger partial charge in [0, 0.05) is 6.20 Å². The molecule has 0 aliphatic carbocycles. The highest BCUT2D eigenvalue weighted by atomic mass is 16.5. The smallest absolute Gasteiger partial charge is 0.151 e. The Hall–Kier alpha value is -2.28. The molecule has 0 radical (unpaired) electrons. The van der Waals surface area contributed by atoms with Crippen molar-refractivity contribution in [2.75, 3.05) is 0 Å². The van der Waals surface area contributed by atoms with Gasteiger partial charge in [0.05, 0.1) is 23.9 Å². The van der Waals surface area contributed by atoms with Crippen LogP contribution in [-0.4, -0.2) is 9.55 Å². The molecule has 2 aromatic rings. The van der Waals surface area contributed by atoms with Gasteiger partial charge in [0.1, 0.15) is 12.4 Å². The van der Waals surface area contributed by atoms with E-state index in [0.29, 0.717) is 13.0 Å². The fraction of sp³-hybridized carbons (Fsp3) is 0.167. The Kier molecular flexibility index (Phi) is 1.90. The molecular weight excluding hydrogens is 202 g/mol. The lowest BCUT2D eigenvalue weighted by Crippen LogP contribution is -2.12. The quantitative estimate of drug-likeness (QED) is 0.723. The molecule has 3 rings (SSSR count). The van der Waals surface area contributed by atoms with Crippen molar-refractivity contribution in [1.29, 1.82) is 5.26 Å². The maximum absolute atomic E-state index is 8.65. The van der Waals surface area contributed by atoms with Crippen LogP contribution in [0.5, 0.6) is 5.75 Å². The number of rotatable bonds is 1. The Morgan fingerprint density at radius 2 is 2.31 bits per heavy atom. The molecule has 1 aromatic heterocycles. The van der Waals surface area contributed by atoms with Gasteiger partial charge in [0.15, 0.2) is 5.82 Å². The zero-order valence-electron chi connectivity index (χ0n) is 8.55. The number of benzene rings is 1. The summed E-state index contributed by atoms with van der Waals surface area (Å²) in [7, 11) is 0. The van der Waals surface area contributed by atoms with Gasteiger partial charge in [-0.1, -0.05) is 12.1 Å². The Labute approximate surface area is 92.7 Å². The topological polar surface area (TPSA) is 50.8 Å². The van der Waals surface area contributed by atoms with Crippen LogP contribution >= 0.6 is 0 Å². The summed E-state index contributed by atoms with van der Waals surface area (Å²) in [5, 5.41) is 8.65. The highest BCUT2D eigenvalue weighted by Crippen LogP contribution is 2.29. The lowest BCUT2D eigenvalue weighted by Gasteiger charge is -2.18. The summed E-state index contributed by atoms with van der Waals surface area (Å²) >= 11 is 0. The third-order valence-corrected chi connectivity index (χ3v) is 2.57. The molecule has 0 bridgehead atoms. The minimum Gasteiger partial charge on any atom is -0.483 e. The molecule has 4 heteroatoms. The molecule has 1 aliphatic heterocycles. The predicted molar refractivity (Wildman–Crippen MR) is 57.2 cm³/mol. The van der Waals surface area contributed by atoms with E-state index in [-0.39, 0.29) is 0 Å². The minimum atomic E-state index is 0.335. The van der Waals surface area contributed by atoms with Crippen molar-refractivity contribution in [2.45, 2.75) is 13.0 Å². The Bertz CT molecular complexity index is 580. The zero-order valence-corrected chi connectivity index (χ0v) is 8.55. The minimum absolute atomic E-state index is 0.335. The van der Waals surface area contributed by atoms with Gasteiger partial charge in [-0.15, -0.1) is 0 Å². The average molecular weight is 211 g/mol. The summed E-state index contributed by atoms with van der Waals surface area (Å²) in [4.78, 5) is 4.35. The number of hydrogen-bond acceptors (Lipinski definition) is 3. The second-order valence-electron chi connectivity index (χ2n) is 3.61.